The lowest BCUT2D eigenvalue weighted by Gasteiger charge is -2.19. The topological polar surface area (TPSA) is 89.8 Å². The molecule has 0 bridgehead atoms. The second-order valence-corrected chi connectivity index (χ2v) is 7.44. The molecule has 2 N–H and O–H groups in total. The van der Waals surface area contributed by atoms with Crippen molar-refractivity contribution in [1.29, 1.82) is 0 Å². The second-order valence-electron chi connectivity index (χ2n) is 7.44. The molecule has 33 heavy (non-hydrogen) atoms. The van der Waals surface area contributed by atoms with Crippen LogP contribution < -0.4 is 20.1 Å². The molecule has 0 aliphatic heterocycles. The SMILES string of the molecule is CC[C@@H](NC(=O)/C(=C/c1ccco1)NC(=O)c1ccc(OC)c(OC)c1)c1ccc(C)cc1. The van der Waals surface area contributed by atoms with Crippen LogP contribution in [0.25, 0.3) is 6.08 Å². The van der Waals surface area contributed by atoms with E-state index in [1.807, 2.05) is 38.1 Å². The van der Waals surface area contributed by atoms with Crippen LogP contribution in [0.3, 0.4) is 0 Å². The number of ether oxygens (including phenoxy) is 2. The lowest BCUT2D eigenvalue weighted by molar-refractivity contribution is -0.118. The molecule has 7 heteroatoms. The predicted molar refractivity (Wildman–Crippen MR) is 126 cm³/mol. The van der Waals surface area contributed by atoms with Gasteiger partial charge in [0, 0.05) is 11.6 Å². The fraction of sp³-hybridized carbons (Fsp3) is 0.231. The quantitative estimate of drug-likeness (QED) is 0.466. The molecule has 1 atom stereocenters. The Hall–Kier alpha value is -4.00. The molecule has 1 aromatic heterocycles. The van der Waals surface area contributed by atoms with E-state index in [1.54, 1.807) is 30.3 Å². The molecule has 0 saturated carbocycles. The smallest absolute Gasteiger partial charge is 0.268 e. The average Bonchev–Trinajstić information content (AvgIpc) is 3.35. The normalized spacial score (nSPS) is 12.1. The van der Waals surface area contributed by atoms with Crippen molar-refractivity contribution in [3.8, 4) is 11.5 Å². The van der Waals surface area contributed by atoms with Crippen LogP contribution in [0.1, 0.15) is 46.6 Å². The van der Waals surface area contributed by atoms with E-state index in [-0.39, 0.29) is 11.7 Å². The molecule has 172 valence electrons. The summed E-state index contributed by atoms with van der Waals surface area (Å²) in [5, 5.41) is 5.71. The van der Waals surface area contributed by atoms with Crippen molar-refractivity contribution >= 4 is 17.9 Å². The summed E-state index contributed by atoms with van der Waals surface area (Å²) >= 11 is 0. The van der Waals surface area contributed by atoms with Crippen LogP contribution in [-0.2, 0) is 4.79 Å². The van der Waals surface area contributed by atoms with E-state index in [0.717, 1.165) is 11.1 Å². The molecule has 0 fully saturated rings. The van der Waals surface area contributed by atoms with Crippen molar-refractivity contribution in [1.82, 2.24) is 10.6 Å². The summed E-state index contributed by atoms with van der Waals surface area (Å²) < 4.78 is 15.8. The maximum Gasteiger partial charge on any atom is 0.268 e. The molecule has 0 aliphatic rings. The first-order chi connectivity index (χ1) is 15.9. The third kappa shape index (κ3) is 6.04. The minimum Gasteiger partial charge on any atom is -0.493 e. The standard InChI is InChI=1S/C26H28N2O5/c1-5-21(18-10-8-17(2)9-11-18)27-26(30)22(16-20-7-6-14-33-20)28-25(29)19-12-13-23(31-3)24(15-19)32-4/h6-16,21H,5H2,1-4H3,(H,27,30)(H,28,29)/b22-16-/t21-/m1/s1. The highest BCUT2D eigenvalue weighted by Crippen LogP contribution is 2.27. The average molecular weight is 449 g/mol. The summed E-state index contributed by atoms with van der Waals surface area (Å²) in [6.07, 6.45) is 3.68. The fourth-order valence-corrected chi connectivity index (χ4v) is 3.30. The molecular weight excluding hydrogens is 420 g/mol. The minimum atomic E-state index is -0.465. The maximum absolute atomic E-state index is 13.2. The number of carbonyl (C=O) groups excluding carboxylic acids is 2. The van der Waals surface area contributed by atoms with Crippen molar-refractivity contribution in [3.05, 3.63) is 89.0 Å². The number of amides is 2. The van der Waals surface area contributed by atoms with Gasteiger partial charge in [-0.3, -0.25) is 9.59 Å². The number of hydrogen-bond donors (Lipinski definition) is 2. The van der Waals surface area contributed by atoms with Gasteiger partial charge in [0.1, 0.15) is 11.5 Å². The van der Waals surface area contributed by atoms with Gasteiger partial charge in [-0.2, -0.15) is 0 Å². The van der Waals surface area contributed by atoms with E-state index in [0.29, 0.717) is 29.2 Å². The monoisotopic (exact) mass is 448 g/mol. The Bertz CT molecular complexity index is 1120. The number of rotatable bonds is 9. The van der Waals surface area contributed by atoms with Crippen molar-refractivity contribution in [2.24, 2.45) is 0 Å². The molecule has 3 aromatic rings. The molecule has 0 aliphatic carbocycles. The first kappa shape index (κ1) is 23.7. The van der Waals surface area contributed by atoms with E-state index in [4.69, 9.17) is 13.9 Å². The zero-order chi connectivity index (χ0) is 23.8. The van der Waals surface area contributed by atoms with Crippen LogP contribution in [-0.4, -0.2) is 26.0 Å². The van der Waals surface area contributed by atoms with E-state index < -0.39 is 11.8 Å². The van der Waals surface area contributed by atoms with Gasteiger partial charge in [0.2, 0.25) is 0 Å². The fourth-order valence-electron chi connectivity index (χ4n) is 3.30. The van der Waals surface area contributed by atoms with Gasteiger partial charge in [0.05, 0.1) is 26.5 Å². The van der Waals surface area contributed by atoms with Crippen LogP contribution >= 0.6 is 0 Å². The Morgan fingerprint density at radius 3 is 2.36 bits per heavy atom. The molecule has 7 nitrogen and oxygen atoms in total. The van der Waals surface area contributed by atoms with E-state index in [9.17, 15) is 9.59 Å². The summed E-state index contributed by atoms with van der Waals surface area (Å²) in [6, 6.07) is 16.0. The summed E-state index contributed by atoms with van der Waals surface area (Å²) in [5.74, 6) is 0.467. The Labute approximate surface area is 193 Å². The van der Waals surface area contributed by atoms with Crippen LogP contribution in [0.5, 0.6) is 11.5 Å². The highest BCUT2D eigenvalue weighted by atomic mass is 16.5. The van der Waals surface area contributed by atoms with E-state index in [1.165, 1.54) is 26.6 Å². The van der Waals surface area contributed by atoms with E-state index in [2.05, 4.69) is 10.6 Å². The Balaban J connectivity index is 1.85. The lowest BCUT2D eigenvalue weighted by Crippen LogP contribution is -2.36. The number of nitrogens with one attached hydrogen (secondary N) is 2. The zero-order valence-electron chi connectivity index (χ0n) is 19.2. The Kier molecular flexibility index (Phi) is 7.91. The van der Waals surface area contributed by atoms with Crippen molar-refractivity contribution in [2.45, 2.75) is 26.3 Å². The van der Waals surface area contributed by atoms with Crippen LogP contribution in [0.4, 0.5) is 0 Å². The lowest BCUT2D eigenvalue weighted by atomic mass is 10.0. The molecule has 2 amide bonds. The number of furan rings is 1. The highest BCUT2D eigenvalue weighted by molar-refractivity contribution is 6.05. The van der Waals surface area contributed by atoms with Gasteiger partial charge in [-0.1, -0.05) is 36.8 Å². The summed E-state index contributed by atoms with van der Waals surface area (Å²) in [5.41, 5.74) is 2.51. The van der Waals surface area contributed by atoms with Crippen LogP contribution in [0, 0.1) is 6.92 Å². The van der Waals surface area contributed by atoms with Gasteiger partial charge in [0.25, 0.3) is 11.8 Å². The Morgan fingerprint density at radius 1 is 1.03 bits per heavy atom. The molecule has 3 rings (SSSR count). The molecule has 0 radical (unpaired) electrons. The van der Waals surface area contributed by atoms with Gasteiger partial charge >= 0.3 is 0 Å². The third-order valence-electron chi connectivity index (χ3n) is 5.16. The summed E-state index contributed by atoms with van der Waals surface area (Å²) in [6.45, 7) is 4.00. The molecule has 0 unspecified atom stereocenters. The van der Waals surface area contributed by atoms with Gasteiger partial charge in [-0.25, -0.2) is 0 Å². The number of benzene rings is 2. The largest absolute Gasteiger partial charge is 0.493 e. The first-order valence-corrected chi connectivity index (χ1v) is 10.6. The predicted octanol–water partition coefficient (Wildman–Crippen LogP) is 4.64. The maximum atomic E-state index is 13.2. The first-order valence-electron chi connectivity index (χ1n) is 10.6. The van der Waals surface area contributed by atoms with Gasteiger partial charge in [-0.15, -0.1) is 0 Å². The van der Waals surface area contributed by atoms with Crippen molar-refractivity contribution in [2.75, 3.05) is 14.2 Å². The molecule has 0 spiro atoms. The highest BCUT2D eigenvalue weighted by Gasteiger charge is 2.20. The van der Waals surface area contributed by atoms with Crippen molar-refractivity contribution in [3.63, 3.8) is 0 Å². The van der Waals surface area contributed by atoms with Crippen LogP contribution in [0.15, 0.2) is 71.0 Å². The molecular formula is C26H28N2O5. The van der Waals surface area contributed by atoms with Gasteiger partial charge in [-0.05, 0) is 49.2 Å². The van der Waals surface area contributed by atoms with Gasteiger partial charge < -0.3 is 24.5 Å². The minimum absolute atomic E-state index is 0.0651. The summed E-state index contributed by atoms with van der Waals surface area (Å²) in [7, 11) is 3.01. The third-order valence-corrected chi connectivity index (χ3v) is 5.16. The molecule has 0 saturated heterocycles. The van der Waals surface area contributed by atoms with Crippen molar-refractivity contribution < 1.29 is 23.5 Å². The van der Waals surface area contributed by atoms with Gasteiger partial charge in [0.15, 0.2) is 11.5 Å². The van der Waals surface area contributed by atoms with Crippen LogP contribution in [0.2, 0.25) is 0 Å². The zero-order valence-corrected chi connectivity index (χ0v) is 19.2. The number of aryl methyl sites for hydroxylation is 1. The number of methoxy groups -OCH3 is 2. The number of hydrogen-bond acceptors (Lipinski definition) is 5. The summed E-state index contributed by atoms with van der Waals surface area (Å²) in [4.78, 5) is 26.1. The second kappa shape index (κ2) is 11.0. The number of carbonyl (C=O) groups is 2. The molecule has 2 aromatic carbocycles. The Morgan fingerprint density at radius 2 is 1.76 bits per heavy atom. The van der Waals surface area contributed by atoms with E-state index >= 15 is 0 Å². The molecule has 1 heterocycles.